The summed E-state index contributed by atoms with van der Waals surface area (Å²) < 4.78 is 12.9. The van der Waals surface area contributed by atoms with Gasteiger partial charge in [0.1, 0.15) is 5.82 Å². The van der Waals surface area contributed by atoms with Gasteiger partial charge in [0.25, 0.3) is 0 Å². The van der Waals surface area contributed by atoms with Gasteiger partial charge in [0, 0.05) is 6.54 Å². The molecule has 1 amide bonds. The molecule has 0 aliphatic heterocycles. The number of benzene rings is 1. The van der Waals surface area contributed by atoms with E-state index in [1.165, 1.54) is 37.8 Å². The van der Waals surface area contributed by atoms with Crippen LogP contribution in [0.2, 0.25) is 0 Å². The first-order chi connectivity index (χ1) is 10.5. The molecule has 1 atom stereocenters. The van der Waals surface area contributed by atoms with Gasteiger partial charge in [-0.2, -0.15) is 0 Å². The summed E-state index contributed by atoms with van der Waals surface area (Å²) in [4.78, 5) is 11.6. The van der Waals surface area contributed by atoms with E-state index < -0.39 is 0 Å². The van der Waals surface area contributed by atoms with E-state index in [-0.39, 0.29) is 17.6 Å². The van der Waals surface area contributed by atoms with E-state index in [1.54, 1.807) is 12.1 Å². The molecule has 1 aliphatic rings. The Balaban J connectivity index is 1.77. The van der Waals surface area contributed by atoms with Crippen molar-refractivity contribution in [2.75, 3.05) is 13.1 Å². The summed E-state index contributed by atoms with van der Waals surface area (Å²) in [7, 11) is 0. The number of amides is 1. The second-order valence-electron chi connectivity index (χ2n) is 6.71. The number of hydrogen-bond donors (Lipinski definition) is 2. The van der Waals surface area contributed by atoms with Crippen LogP contribution in [-0.4, -0.2) is 19.0 Å². The molecule has 0 bridgehead atoms. The Labute approximate surface area is 132 Å². The van der Waals surface area contributed by atoms with Crippen LogP contribution in [0.3, 0.4) is 0 Å². The van der Waals surface area contributed by atoms with Crippen molar-refractivity contribution in [2.24, 2.45) is 23.5 Å². The zero-order chi connectivity index (χ0) is 15.9. The fraction of sp³-hybridized carbons (Fsp3) is 0.611. The Hall–Kier alpha value is -1.42. The molecule has 0 radical (unpaired) electrons. The Morgan fingerprint density at radius 1 is 1.27 bits per heavy atom. The SMILES string of the molecule is CC1CCC(CNC[C@@H](Cc2ccc(F)cc2)C(N)=O)CC1. The molecule has 1 aliphatic carbocycles. The molecule has 122 valence electrons. The summed E-state index contributed by atoms with van der Waals surface area (Å²) in [6.07, 6.45) is 5.72. The molecule has 3 N–H and O–H groups in total. The molecule has 1 saturated carbocycles. The molecule has 1 aromatic carbocycles. The molecule has 3 nitrogen and oxygen atoms in total. The lowest BCUT2D eigenvalue weighted by Gasteiger charge is -2.26. The molecule has 0 spiro atoms. The smallest absolute Gasteiger partial charge is 0.222 e. The zero-order valence-electron chi connectivity index (χ0n) is 13.4. The number of halogens is 1. The van der Waals surface area contributed by atoms with Gasteiger partial charge in [-0.25, -0.2) is 4.39 Å². The number of nitrogens with one attached hydrogen (secondary N) is 1. The molecular formula is C18H27FN2O. The fourth-order valence-electron chi connectivity index (χ4n) is 3.17. The molecule has 1 aromatic rings. The second-order valence-corrected chi connectivity index (χ2v) is 6.71. The maximum Gasteiger partial charge on any atom is 0.222 e. The Bertz CT molecular complexity index is 466. The predicted molar refractivity (Wildman–Crippen MR) is 86.8 cm³/mol. The van der Waals surface area contributed by atoms with Crippen LogP contribution in [0.1, 0.15) is 38.2 Å². The number of nitrogens with two attached hydrogens (primary N) is 1. The van der Waals surface area contributed by atoms with E-state index in [4.69, 9.17) is 5.73 Å². The number of rotatable bonds is 7. The van der Waals surface area contributed by atoms with Gasteiger partial charge in [0.2, 0.25) is 5.91 Å². The first-order valence-corrected chi connectivity index (χ1v) is 8.29. The third kappa shape index (κ3) is 5.41. The highest BCUT2D eigenvalue weighted by atomic mass is 19.1. The summed E-state index contributed by atoms with van der Waals surface area (Å²) >= 11 is 0. The van der Waals surface area contributed by atoms with Crippen LogP contribution in [0, 0.1) is 23.6 Å². The van der Waals surface area contributed by atoms with Crippen LogP contribution in [0.25, 0.3) is 0 Å². The molecule has 0 heterocycles. The topological polar surface area (TPSA) is 55.1 Å². The minimum atomic E-state index is -0.297. The van der Waals surface area contributed by atoms with E-state index in [2.05, 4.69) is 12.2 Å². The first kappa shape index (κ1) is 16.9. The van der Waals surface area contributed by atoms with E-state index >= 15 is 0 Å². The van der Waals surface area contributed by atoms with E-state index in [0.29, 0.717) is 13.0 Å². The summed E-state index contributed by atoms with van der Waals surface area (Å²) in [5.74, 6) is 0.773. The van der Waals surface area contributed by atoms with Gasteiger partial charge >= 0.3 is 0 Å². The number of carbonyl (C=O) groups is 1. The van der Waals surface area contributed by atoms with Gasteiger partial charge in [0.05, 0.1) is 5.92 Å². The normalized spacial score (nSPS) is 23.2. The van der Waals surface area contributed by atoms with Gasteiger partial charge in [-0.1, -0.05) is 31.9 Å². The second kappa shape index (κ2) is 8.28. The Morgan fingerprint density at radius 3 is 2.50 bits per heavy atom. The minimum absolute atomic E-state index is 0.243. The molecule has 0 aromatic heterocycles. The van der Waals surface area contributed by atoms with E-state index in [9.17, 15) is 9.18 Å². The number of carbonyl (C=O) groups excluding carboxylic acids is 1. The lowest BCUT2D eigenvalue weighted by Crippen LogP contribution is -2.37. The van der Waals surface area contributed by atoms with Crippen molar-refractivity contribution in [1.82, 2.24) is 5.32 Å². The Morgan fingerprint density at radius 2 is 1.91 bits per heavy atom. The van der Waals surface area contributed by atoms with Crippen LogP contribution in [-0.2, 0) is 11.2 Å². The average Bonchev–Trinajstić information content (AvgIpc) is 2.50. The lowest BCUT2D eigenvalue weighted by molar-refractivity contribution is -0.121. The van der Waals surface area contributed by atoms with Crippen molar-refractivity contribution in [1.29, 1.82) is 0 Å². The molecule has 22 heavy (non-hydrogen) atoms. The maximum atomic E-state index is 12.9. The standard InChI is InChI=1S/C18H27FN2O/c1-13-2-4-15(5-3-13)11-21-12-16(18(20)22)10-14-6-8-17(19)9-7-14/h6-9,13,15-16,21H,2-5,10-12H2,1H3,(H2,20,22)/t13?,15?,16-/m1/s1. The highest BCUT2D eigenvalue weighted by molar-refractivity contribution is 5.77. The quantitative estimate of drug-likeness (QED) is 0.814. The maximum absolute atomic E-state index is 12.9. The van der Waals surface area contributed by atoms with Crippen LogP contribution >= 0.6 is 0 Å². The summed E-state index contributed by atoms with van der Waals surface area (Å²) in [5, 5.41) is 3.41. The van der Waals surface area contributed by atoms with Crippen molar-refractivity contribution in [3.8, 4) is 0 Å². The Kier molecular flexibility index (Phi) is 6.37. The van der Waals surface area contributed by atoms with Crippen molar-refractivity contribution in [2.45, 2.75) is 39.0 Å². The lowest BCUT2D eigenvalue weighted by atomic mass is 9.83. The monoisotopic (exact) mass is 306 g/mol. The molecule has 2 rings (SSSR count). The molecule has 0 saturated heterocycles. The van der Waals surface area contributed by atoms with Crippen molar-refractivity contribution >= 4 is 5.91 Å². The van der Waals surface area contributed by atoms with Gasteiger partial charge in [-0.3, -0.25) is 4.79 Å². The van der Waals surface area contributed by atoms with Crippen molar-refractivity contribution in [3.63, 3.8) is 0 Å². The highest BCUT2D eigenvalue weighted by Gasteiger charge is 2.20. The predicted octanol–water partition coefficient (Wildman–Crippen LogP) is 2.89. The zero-order valence-corrected chi connectivity index (χ0v) is 13.4. The van der Waals surface area contributed by atoms with Crippen LogP contribution < -0.4 is 11.1 Å². The van der Waals surface area contributed by atoms with E-state index in [1.807, 2.05) is 0 Å². The van der Waals surface area contributed by atoms with Crippen molar-refractivity contribution in [3.05, 3.63) is 35.6 Å². The van der Waals surface area contributed by atoms with Gasteiger partial charge in [-0.15, -0.1) is 0 Å². The number of primary amides is 1. The van der Waals surface area contributed by atoms with Crippen LogP contribution in [0.15, 0.2) is 24.3 Å². The van der Waals surface area contributed by atoms with Gasteiger partial charge < -0.3 is 11.1 Å². The fourth-order valence-corrected chi connectivity index (χ4v) is 3.17. The third-order valence-electron chi connectivity index (χ3n) is 4.76. The van der Waals surface area contributed by atoms with Gasteiger partial charge in [0.15, 0.2) is 0 Å². The summed E-state index contributed by atoms with van der Waals surface area (Å²) in [5.41, 5.74) is 6.44. The average molecular weight is 306 g/mol. The first-order valence-electron chi connectivity index (χ1n) is 8.29. The molecular weight excluding hydrogens is 279 g/mol. The largest absolute Gasteiger partial charge is 0.369 e. The summed E-state index contributed by atoms with van der Waals surface area (Å²) in [6.45, 7) is 3.87. The molecule has 4 heteroatoms. The summed E-state index contributed by atoms with van der Waals surface area (Å²) in [6, 6.07) is 6.27. The third-order valence-corrected chi connectivity index (χ3v) is 4.76. The van der Waals surface area contributed by atoms with Crippen LogP contribution in [0.4, 0.5) is 4.39 Å². The van der Waals surface area contributed by atoms with Crippen LogP contribution in [0.5, 0.6) is 0 Å². The van der Waals surface area contributed by atoms with Crippen molar-refractivity contribution < 1.29 is 9.18 Å². The van der Waals surface area contributed by atoms with Gasteiger partial charge in [-0.05, 0) is 55.3 Å². The minimum Gasteiger partial charge on any atom is -0.369 e. The number of hydrogen-bond acceptors (Lipinski definition) is 2. The van der Waals surface area contributed by atoms with E-state index in [0.717, 1.165) is 23.9 Å². The molecule has 1 fully saturated rings. The highest BCUT2D eigenvalue weighted by Crippen LogP contribution is 2.27. The molecule has 0 unspecified atom stereocenters.